The normalized spacial score (nSPS) is 16.2. The second-order valence-corrected chi connectivity index (χ2v) is 7.83. The van der Waals surface area contributed by atoms with Gasteiger partial charge in [-0.1, -0.05) is 23.7 Å². The largest absolute Gasteiger partial charge is 0.357 e. The molecule has 0 spiro atoms. The summed E-state index contributed by atoms with van der Waals surface area (Å²) in [5.74, 6) is 3.88. The Hall–Kier alpha value is -2.94. The molecule has 3 aromatic rings. The first-order chi connectivity index (χ1) is 15.1. The molecule has 0 saturated heterocycles. The lowest BCUT2D eigenvalue weighted by molar-refractivity contribution is 0.379. The van der Waals surface area contributed by atoms with Crippen molar-refractivity contribution in [1.29, 1.82) is 0 Å². The molecule has 1 unspecified atom stereocenters. The van der Waals surface area contributed by atoms with Crippen molar-refractivity contribution in [3.8, 4) is 11.4 Å². The van der Waals surface area contributed by atoms with Crippen molar-refractivity contribution in [2.24, 2.45) is 4.99 Å². The van der Waals surface area contributed by atoms with Gasteiger partial charge in [0.05, 0.1) is 13.1 Å². The molecule has 2 N–H and O–H groups in total. The number of hydrogen-bond donors (Lipinski definition) is 2. The Bertz CT molecular complexity index is 1030. The Morgan fingerprint density at radius 1 is 1.26 bits per heavy atom. The summed E-state index contributed by atoms with van der Waals surface area (Å²) in [5.41, 5.74) is 0.869. The van der Waals surface area contributed by atoms with E-state index in [4.69, 9.17) is 16.1 Å². The Morgan fingerprint density at radius 2 is 2.10 bits per heavy atom. The van der Waals surface area contributed by atoms with Crippen molar-refractivity contribution in [1.82, 2.24) is 35.5 Å². The smallest absolute Gasteiger partial charge is 0.228 e. The van der Waals surface area contributed by atoms with Crippen LogP contribution in [0.3, 0.4) is 0 Å². The van der Waals surface area contributed by atoms with E-state index in [9.17, 15) is 0 Å². The van der Waals surface area contributed by atoms with Crippen molar-refractivity contribution in [3.05, 3.63) is 46.8 Å². The third-order valence-electron chi connectivity index (χ3n) is 5.07. The molecule has 0 radical (unpaired) electrons. The molecule has 1 aliphatic heterocycles. The van der Waals surface area contributed by atoms with E-state index in [0.717, 1.165) is 55.5 Å². The van der Waals surface area contributed by atoms with Crippen LogP contribution in [0.25, 0.3) is 11.4 Å². The van der Waals surface area contributed by atoms with Crippen LogP contribution in [0.5, 0.6) is 0 Å². The van der Waals surface area contributed by atoms with Crippen LogP contribution in [0.4, 0.5) is 0 Å². The molecule has 0 amide bonds. The maximum atomic E-state index is 5.93. The molecule has 9 nitrogen and oxygen atoms in total. The van der Waals surface area contributed by atoms with Gasteiger partial charge in [0.25, 0.3) is 0 Å². The van der Waals surface area contributed by atoms with Crippen molar-refractivity contribution < 1.29 is 4.52 Å². The average molecular weight is 443 g/mol. The summed E-state index contributed by atoms with van der Waals surface area (Å²) in [6, 6.07) is 7.62. The van der Waals surface area contributed by atoms with E-state index in [1.807, 2.05) is 28.9 Å². The Labute approximate surface area is 186 Å². The van der Waals surface area contributed by atoms with Gasteiger partial charge >= 0.3 is 0 Å². The molecule has 0 aliphatic carbocycles. The molecule has 164 valence electrons. The molecule has 2 aromatic heterocycles. The van der Waals surface area contributed by atoms with E-state index in [-0.39, 0.29) is 6.04 Å². The molecule has 10 heteroatoms. The maximum absolute atomic E-state index is 5.93. The summed E-state index contributed by atoms with van der Waals surface area (Å²) >= 11 is 5.93. The fourth-order valence-electron chi connectivity index (χ4n) is 3.48. The van der Waals surface area contributed by atoms with Gasteiger partial charge in [-0.25, -0.2) is 9.67 Å². The minimum atomic E-state index is 0.261. The van der Waals surface area contributed by atoms with Gasteiger partial charge in [-0.3, -0.25) is 4.99 Å². The van der Waals surface area contributed by atoms with E-state index in [0.29, 0.717) is 29.7 Å². The number of benzene rings is 1. The Morgan fingerprint density at radius 3 is 2.87 bits per heavy atom. The van der Waals surface area contributed by atoms with Crippen LogP contribution in [0.15, 0.2) is 33.8 Å². The highest BCUT2D eigenvalue weighted by atomic mass is 35.5. The second-order valence-electron chi connectivity index (χ2n) is 7.39. The molecule has 1 aliphatic rings. The lowest BCUT2D eigenvalue weighted by Crippen LogP contribution is -2.47. The molecule has 0 saturated carbocycles. The van der Waals surface area contributed by atoms with Gasteiger partial charge in [-0.05, 0) is 37.6 Å². The first-order valence-electron chi connectivity index (χ1n) is 10.7. The number of halogens is 1. The number of aliphatic imine (C=N–C) groups is 1. The fraction of sp³-hybridized carbons (Fsp3) is 0.476. The SMILES string of the molecule is CCNC(=NCCc1nc(-c2ccc(Cl)cc2)no1)NC1CCc2nc(CC)nn2C1. The summed E-state index contributed by atoms with van der Waals surface area (Å²) in [7, 11) is 0. The number of fused-ring (bicyclic) bond motifs is 1. The predicted octanol–water partition coefficient (Wildman–Crippen LogP) is 2.66. The van der Waals surface area contributed by atoms with E-state index in [2.05, 4.69) is 49.7 Å². The average Bonchev–Trinajstić information content (AvgIpc) is 3.41. The van der Waals surface area contributed by atoms with E-state index < -0.39 is 0 Å². The highest BCUT2D eigenvalue weighted by Crippen LogP contribution is 2.19. The molecule has 1 atom stereocenters. The van der Waals surface area contributed by atoms with Gasteiger partial charge in [0, 0.05) is 42.4 Å². The summed E-state index contributed by atoms with van der Waals surface area (Å²) in [5, 5.41) is 16.1. The molecular weight excluding hydrogens is 416 g/mol. The fourth-order valence-corrected chi connectivity index (χ4v) is 3.60. The van der Waals surface area contributed by atoms with Crippen LogP contribution in [0, 0.1) is 0 Å². The second kappa shape index (κ2) is 9.91. The lowest BCUT2D eigenvalue weighted by Gasteiger charge is -2.25. The summed E-state index contributed by atoms with van der Waals surface area (Å²) < 4.78 is 7.38. The van der Waals surface area contributed by atoms with E-state index in [1.54, 1.807) is 0 Å². The van der Waals surface area contributed by atoms with Gasteiger partial charge in [-0.2, -0.15) is 10.1 Å². The third-order valence-corrected chi connectivity index (χ3v) is 5.32. The van der Waals surface area contributed by atoms with Crippen LogP contribution >= 0.6 is 11.6 Å². The number of aromatic nitrogens is 5. The zero-order valence-corrected chi connectivity index (χ0v) is 18.6. The van der Waals surface area contributed by atoms with Gasteiger partial charge in [0.15, 0.2) is 11.8 Å². The molecule has 0 fully saturated rings. The number of nitrogens with zero attached hydrogens (tertiary/aromatic N) is 6. The van der Waals surface area contributed by atoms with Gasteiger partial charge in [0.1, 0.15) is 5.82 Å². The van der Waals surface area contributed by atoms with Crippen molar-refractivity contribution in [2.45, 2.75) is 52.1 Å². The number of aryl methyl sites for hydroxylation is 2. The van der Waals surface area contributed by atoms with Gasteiger partial charge in [-0.15, -0.1) is 0 Å². The monoisotopic (exact) mass is 442 g/mol. The number of hydrogen-bond acceptors (Lipinski definition) is 6. The molecule has 1 aromatic carbocycles. The van der Waals surface area contributed by atoms with Crippen LogP contribution in [0.2, 0.25) is 5.02 Å². The van der Waals surface area contributed by atoms with E-state index in [1.165, 1.54) is 0 Å². The van der Waals surface area contributed by atoms with Crippen molar-refractivity contribution >= 4 is 17.6 Å². The maximum Gasteiger partial charge on any atom is 0.228 e. The van der Waals surface area contributed by atoms with Crippen LogP contribution in [0.1, 0.15) is 37.8 Å². The Kier molecular flexibility index (Phi) is 6.81. The molecule has 4 rings (SSSR count). The first kappa shape index (κ1) is 21.3. The zero-order valence-electron chi connectivity index (χ0n) is 17.8. The highest BCUT2D eigenvalue weighted by molar-refractivity contribution is 6.30. The van der Waals surface area contributed by atoms with Crippen molar-refractivity contribution in [3.63, 3.8) is 0 Å². The number of nitrogens with one attached hydrogen (secondary N) is 2. The number of rotatable bonds is 7. The summed E-state index contributed by atoms with van der Waals surface area (Å²) in [6.45, 7) is 6.25. The van der Waals surface area contributed by atoms with Crippen LogP contribution < -0.4 is 10.6 Å². The topological polar surface area (TPSA) is 106 Å². The van der Waals surface area contributed by atoms with Crippen LogP contribution in [-0.2, 0) is 25.8 Å². The summed E-state index contributed by atoms with van der Waals surface area (Å²) in [6.07, 6.45) is 3.34. The standard InChI is InChI=1S/C21H27ClN8O/c1-3-17-26-18-10-9-16(13-30(18)28-17)25-21(23-4-2)24-12-11-19-27-20(29-31-19)14-5-7-15(22)8-6-14/h5-8,16H,3-4,9-13H2,1-2H3,(H2,23,24,25). The minimum Gasteiger partial charge on any atom is -0.357 e. The first-order valence-corrected chi connectivity index (χ1v) is 11.1. The quantitative estimate of drug-likeness (QED) is 0.428. The zero-order chi connectivity index (χ0) is 21.6. The lowest BCUT2D eigenvalue weighted by atomic mass is 10.1. The minimum absolute atomic E-state index is 0.261. The molecule has 0 bridgehead atoms. The highest BCUT2D eigenvalue weighted by Gasteiger charge is 2.22. The Balaban J connectivity index is 1.33. The van der Waals surface area contributed by atoms with E-state index >= 15 is 0 Å². The van der Waals surface area contributed by atoms with Crippen molar-refractivity contribution in [2.75, 3.05) is 13.1 Å². The molecular formula is C21H27ClN8O. The summed E-state index contributed by atoms with van der Waals surface area (Å²) in [4.78, 5) is 13.7. The number of guanidine groups is 1. The van der Waals surface area contributed by atoms with Gasteiger partial charge < -0.3 is 15.2 Å². The molecule has 31 heavy (non-hydrogen) atoms. The predicted molar refractivity (Wildman–Crippen MR) is 119 cm³/mol. The van der Waals surface area contributed by atoms with Crippen LogP contribution in [-0.4, -0.2) is 50.0 Å². The third kappa shape index (κ3) is 5.41. The van der Waals surface area contributed by atoms with Gasteiger partial charge in [0.2, 0.25) is 11.7 Å². The molecule has 3 heterocycles.